The third-order valence-electron chi connectivity index (χ3n) is 2.14. The van der Waals surface area contributed by atoms with Gasteiger partial charge in [-0.15, -0.1) is 0 Å². The van der Waals surface area contributed by atoms with Gasteiger partial charge < -0.3 is 10.2 Å². The maximum Gasteiger partial charge on any atom is 0.335 e. The Morgan fingerprint density at radius 2 is 1.10 bits per heavy atom. The second-order valence-corrected chi connectivity index (χ2v) is 4.50. The van der Waals surface area contributed by atoms with Crippen LogP contribution in [0.25, 0.3) is 0 Å². The Kier molecular flexibility index (Phi) is 8.71. The molecule has 0 saturated carbocycles. The third-order valence-corrected chi connectivity index (χ3v) is 2.61. The molecule has 21 heavy (non-hydrogen) atoms. The first-order chi connectivity index (χ1) is 9.40. The standard InChI is InChI=1S/2C7H5ClO2.Ni/c2*8-6-3-1-2-5(4-6)7(9)10;/h2*1-4H,(H,9,10);. The average molecular weight is 372 g/mol. The van der Waals surface area contributed by atoms with Crippen molar-refractivity contribution in [2.75, 3.05) is 0 Å². The summed E-state index contributed by atoms with van der Waals surface area (Å²) in [7, 11) is 0. The number of aromatic carboxylic acids is 2. The van der Waals surface area contributed by atoms with Crippen molar-refractivity contribution < 1.29 is 36.3 Å². The van der Waals surface area contributed by atoms with E-state index >= 15 is 0 Å². The monoisotopic (exact) mass is 370 g/mol. The molecule has 0 heterocycles. The fraction of sp³-hybridized carbons (Fsp3) is 0. The van der Waals surface area contributed by atoms with E-state index in [1.807, 2.05) is 0 Å². The van der Waals surface area contributed by atoms with Gasteiger partial charge in [0.05, 0.1) is 11.1 Å². The molecule has 0 spiro atoms. The molecular weight excluding hydrogens is 362 g/mol. The van der Waals surface area contributed by atoms with E-state index in [2.05, 4.69) is 0 Å². The summed E-state index contributed by atoms with van der Waals surface area (Å²) in [5, 5.41) is 17.8. The fourth-order valence-corrected chi connectivity index (χ4v) is 1.62. The van der Waals surface area contributed by atoms with Crippen molar-refractivity contribution >= 4 is 35.1 Å². The van der Waals surface area contributed by atoms with Crippen molar-refractivity contribution in [2.45, 2.75) is 0 Å². The summed E-state index contributed by atoms with van der Waals surface area (Å²) < 4.78 is 0. The van der Waals surface area contributed by atoms with Crippen LogP contribution in [0.1, 0.15) is 20.7 Å². The van der Waals surface area contributed by atoms with Crippen LogP contribution < -0.4 is 0 Å². The fourth-order valence-electron chi connectivity index (χ4n) is 1.24. The topological polar surface area (TPSA) is 74.6 Å². The van der Waals surface area contributed by atoms with Gasteiger partial charge in [0.25, 0.3) is 0 Å². The largest absolute Gasteiger partial charge is 0.478 e. The van der Waals surface area contributed by atoms with Crippen LogP contribution in [0.2, 0.25) is 10.0 Å². The van der Waals surface area contributed by atoms with E-state index in [1.165, 1.54) is 24.3 Å². The number of hydrogen-bond acceptors (Lipinski definition) is 2. The van der Waals surface area contributed by atoms with Crippen LogP contribution in [0, 0.1) is 0 Å². The van der Waals surface area contributed by atoms with Gasteiger partial charge in [0, 0.05) is 26.5 Å². The van der Waals surface area contributed by atoms with Gasteiger partial charge in [-0.2, -0.15) is 0 Å². The Balaban J connectivity index is 0.000000364. The summed E-state index contributed by atoms with van der Waals surface area (Å²) in [6, 6.07) is 12.3. The molecule has 0 radical (unpaired) electrons. The number of benzene rings is 2. The summed E-state index contributed by atoms with van der Waals surface area (Å²) in [5.74, 6) is -1.91. The molecule has 114 valence electrons. The number of hydrogen-bond donors (Lipinski definition) is 2. The van der Waals surface area contributed by atoms with Crippen molar-refractivity contribution in [2.24, 2.45) is 0 Å². The van der Waals surface area contributed by atoms with Crippen LogP contribution in [0.3, 0.4) is 0 Å². The minimum Gasteiger partial charge on any atom is -0.478 e. The molecule has 0 fully saturated rings. The molecular formula is C14H10Cl2NiO4. The quantitative estimate of drug-likeness (QED) is 0.780. The second kappa shape index (κ2) is 9.40. The van der Waals surface area contributed by atoms with E-state index in [0.29, 0.717) is 10.0 Å². The number of halogens is 2. The molecule has 2 N–H and O–H groups in total. The van der Waals surface area contributed by atoms with Crippen LogP contribution in [0.5, 0.6) is 0 Å². The number of carboxylic acids is 2. The van der Waals surface area contributed by atoms with Gasteiger partial charge in [-0.3, -0.25) is 0 Å². The summed E-state index contributed by atoms with van der Waals surface area (Å²) in [5.41, 5.74) is 0.431. The van der Waals surface area contributed by atoms with Crippen LogP contribution >= 0.6 is 23.2 Å². The molecule has 2 rings (SSSR count). The Bertz CT molecular complexity index is 576. The van der Waals surface area contributed by atoms with Crippen LogP contribution in [-0.2, 0) is 16.5 Å². The number of carbonyl (C=O) groups is 2. The molecule has 7 heteroatoms. The molecule has 2 aromatic rings. The first-order valence-electron chi connectivity index (χ1n) is 5.38. The maximum absolute atomic E-state index is 10.3. The van der Waals surface area contributed by atoms with Gasteiger partial charge in [0.15, 0.2) is 0 Å². The predicted molar refractivity (Wildman–Crippen MR) is 76.8 cm³/mol. The molecule has 0 bridgehead atoms. The predicted octanol–water partition coefficient (Wildman–Crippen LogP) is 4.07. The van der Waals surface area contributed by atoms with Crippen LogP contribution in [0.15, 0.2) is 48.5 Å². The van der Waals surface area contributed by atoms with Crippen molar-refractivity contribution in [3.8, 4) is 0 Å². The van der Waals surface area contributed by atoms with Crippen molar-refractivity contribution in [3.63, 3.8) is 0 Å². The van der Waals surface area contributed by atoms with Gasteiger partial charge in [0.1, 0.15) is 0 Å². The number of rotatable bonds is 2. The molecule has 0 amide bonds. The summed E-state index contributed by atoms with van der Waals surface area (Å²) in [6.07, 6.45) is 0. The van der Waals surface area contributed by atoms with Gasteiger partial charge in [-0.25, -0.2) is 9.59 Å². The van der Waals surface area contributed by atoms with Crippen molar-refractivity contribution in [3.05, 3.63) is 69.7 Å². The Morgan fingerprint density at radius 1 is 0.762 bits per heavy atom. The molecule has 4 nitrogen and oxygen atoms in total. The van der Waals surface area contributed by atoms with E-state index in [1.54, 1.807) is 24.3 Å². The SMILES string of the molecule is O=C(O)c1cccc(Cl)c1.O=C(O)c1cccc(Cl)c1.[Ni]. The van der Waals surface area contributed by atoms with E-state index in [9.17, 15) is 9.59 Å². The maximum atomic E-state index is 10.3. The smallest absolute Gasteiger partial charge is 0.335 e. The van der Waals surface area contributed by atoms with E-state index in [0.717, 1.165) is 0 Å². The second-order valence-electron chi connectivity index (χ2n) is 3.63. The minimum atomic E-state index is -0.956. The minimum absolute atomic E-state index is 0. The molecule has 0 unspecified atom stereocenters. The Morgan fingerprint density at radius 3 is 1.29 bits per heavy atom. The normalized spacial score (nSPS) is 8.86. The molecule has 0 aromatic heterocycles. The van der Waals surface area contributed by atoms with Gasteiger partial charge in [0.2, 0.25) is 0 Å². The first-order valence-corrected chi connectivity index (χ1v) is 6.13. The molecule has 0 saturated heterocycles. The first kappa shape index (κ1) is 19.5. The Labute approximate surface area is 141 Å². The van der Waals surface area contributed by atoms with Gasteiger partial charge in [-0.05, 0) is 36.4 Å². The van der Waals surface area contributed by atoms with Crippen LogP contribution in [0.4, 0.5) is 0 Å². The van der Waals surface area contributed by atoms with Gasteiger partial charge >= 0.3 is 11.9 Å². The molecule has 0 aliphatic heterocycles. The van der Waals surface area contributed by atoms with E-state index in [4.69, 9.17) is 33.4 Å². The Hall–Kier alpha value is -1.55. The van der Waals surface area contributed by atoms with Crippen molar-refractivity contribution in [1.82, 2.24) is 0 Å². The zero-order chi connectivity index (χ0) is 15.1. The van der Waals surface area contributed by atoms with Crippen molar-refractivity contribution in [1.29, 1.82) is 0 Å². The summed E-state index contributed by atoms with van der Waals surface area (Å²) in [4.78, 5) is 20.6. The zero-order valence-corrected chi connectivity index (χ0v) is 12.9. The summed E-state index contributed by atoms with van der Waals surface area (Å²) >= 11 is 11.1. The zero-order valence-electron chi connectivity index (χ0n) is 10.4. The number of carboxylic acid groups (broad SMARTS) is 2. The molecule has 0 aliphatic rings. The van der Waals surface area contributed by atoms with E-state index < -0.39 is 11.9 Å². The average Bonchev–Trinajstić information content (AvgIpc) is 2.39. The van der Waals surface area contributed by atoms with E-state index in [-0.39, 0.29) is 27.6 Å². The molecule has 0 aliphatic carbocycles. The molecule has 0 atom stereocenters. The molecule has 2 aromatic carbocycles. The van der Waals surface area contributed by atoms with Crippen LogP contribution in [-0.4, -0.2) is 22.2 Å². The summed E-state index contributed by atoms with van der Waals surface area (Å²) in [6.45, 7) is 0. The van der Waals surface area contributed by atoms with Gasteiger partial charge in [-0.1, -0.05) is 35.3 Å². The third kappa shape index (κ3) is 7.14.